The van der Waals surface area contributed by atoms with Gasteiger partial charge in [0.2, 0.25) is 5.91 Å². The van der Waals surface area contributed by atoms with Gasteiger partial charge in [0.05, 0.1) is 0 Å². The van der Waals surface area contributed by atoms with Crippen LogP contribution in [-0.2, 0) is 11.3 Å². The highest BCUT2D eigenvalue weighted by Gasteiger charge is 1.96. The molecule has 0 aliphatic carbocycles. The van der Waals surface area contributed by atoms with E-state index in [9.17, 15) is 4.79 Å². The van der Waals surface area contributed by atoms with E-state index in [-0.39, 0.29) is 5.91 Å². The van der Waals surface area contributed by atoms with E-state index in [1.165, 1.54) is 0 Å². The third kappa shape index (κ3) is 3.60. The topological polar surface area (TPSA) is 44.9 Å². The van der Waals surface area contributed by atoms with E-state index in [1.54, 1.807) is 6.08 Å². The highest BCUT2D eigenvalue weighted by Crippen LogP contribution is 1.95. The zero-order valence-corrected chi connectivity index (χ0v) is 7.92. The number of aromatic nitrogens is 1. The summed E-state index contributed by atoms with van der Waals surface area (Å²) in [7, 11) is 0. The van der Waals surface area contributed by atoms with Crippen molar-refractivity contribution >= 4 is 5.91 Å². The number of H-pyrrole nitrogens is 1. The molecule has 0 radical (unpaired) electrons. The molecule has 70 valence electrons. The number of carbonyl (C=O) groups excluding carboxylic acids is 1. The molecule has 0 spiro atoms. The molecule has 0 saturated carbocycles. The third-order valence-electron chi connectivity index (χ3n) is 1.55. The van der Waals surface area contributed by atoms with Gasteiger partial charge >= 0.3 is 0 Å². The fourth-order valence-electron chi connectivity index (χ4n) is 0.971. The van der Waals surface area contributed by atoms with Crippen molar-refractivity contribution in [3.8, 4) is 0 Å². The molecular formula is C10H14N2O. The molecule has 0 fully saturated rings. The largest absolute Gasteiger partial charge is 0.367 e. The zero-order valence-electron chi connectivity index (χ0n) is 7.92. The van der Waals surface area contributed by atoms with Crippen LogP contribution < -0.4 is 5.32 Å². The van der Waals surface area contributed by atoms with Crippen LogP contribution in [0.15, 0.2) is 30.1 Å². The Hall–Kier alpha value is -1.51. The maximum Gasteiger partial charge on any atom is 0.244 e. The van der Waals surface area contributed by atoms with Gasteiger partial charge in [0.25, 0.3) is 0 Å². The SMILES string of the molecule is CC(C)=CC(=O)NCc1cc[nH]c1. The van der Waals surface area contributed by atoms with Gasteiger partial charge in [-0.3, -0.25) is 4.79 Å². The summed E-state index contributed by atoms with van der Waals surface area (Å²) in [6.07, 6.45) is 5.29. The number of aromatic amines is 1. The van der Waals surface area contributed by atoms with Crippen LogP contribution in [0.3, 0.4) is 0 Å². The van der Waals surface area contributed by atoms with Crippen LogP contribution in [0.1, 0.15) is 19.4 Å². The minimum atomic E-state index is -0.0406. The third-order valence-corrected chi connectivity index (χ3v) is 1.55. The minimum absolute atomic E-state index is 0.0406. The quantitative estimate of drug-likeness (QED) is 0.678. The van der Waals surface area contributed by atoms with Crippen LogP contribution >= 0.6 is 0 Å². The molecule has 0 unspecified atom stereocenters. The molecule has 0 bridgehead atoms. The van der Waals surface area contributed by atoms with Gasteiger partial charge in [-0.25, -0.2) is 0 Å². The maximum absolute atomic E-state index is 11.2. The first-order chi connectivity index (χ1) is 6.18. The zero-order chi connectivity index (χ0) is 9.68. The van der Waals surface area contributed by atoms with E-state index in [1.807, 2.05) is 32.3 Å². The smallest absolute Gasteiger partial charge is 0.244 e. The number of hydrogen-bond donors (Lipinski definition) is 2. The van der Waals surface area contributed by atoms with Crippen LogP contribution in [0.5, 0.6) is 0 Å². The highest BCUT2D eigenvalue weighted by molar-refractivity contribution is 5.87. The summed E-state index contributed by atoms with van der Waals surface area (Å²) in [5, 5.41) is 2.78. The molecular weight excluding hydrogens is 164 g/mol. The highest BCUT2D eigenvalue weighted by atomic mass is 16.1. The standard InChI is InChI=1S/C10H14N2O/c1-8(2)5-10(13)12-7-9-3-4-11-6-9/h3-6,11H,7H2,1-2H3,(H,12,13). The van der Waals surface area contributed by atoms with Gasteiger partial charge in [0.15, 0.2) is 0 Å². The summed E-state index contributed by atoms with van der Waals surface area (Å²) in [5.74, 6) is -0.0406. The Bertz CT molecular complexity index is 295. The molecule has 3 heteroatoms. The maximum atomic E-state index is 11.2. The molecule has 3 nitrogen and oxygen atoms in total. The van der Waals surface area contributed by atoms with E-state index >= 15 is 0 Å². The van der Waals surface area contributed by atoms with Gasteiger partial charge in [0, 0.05) is 25.0 Å². The fourth-order valence-corrected chi connectivity index (χ4v) is 0.971. The molecule has 0 saturated heterocycles. The second-order valence-electron chi connectivity index (χ2n) is 3.16. The van der Waals surface area contributed by atoms with E-state index in [0.29, 0.717) is 6.54 Å². The summed E-state index contributed by atoms with van der Waals surface area (Å²) in [5.41, 5.74) is 2.09. The first-order valence-electron chi connectivity index (χ1n) is 4.23. The van der Waals surface area contributed by atoms with Crippen molar-refractivity contribution in [2.24, 2.45) is 0 Å². The molecule has 1 amide bonds. The van der Waals surface area contributed by atoms with Crippen LogP contribution in [0, 0.1) is 0 Å². The van der Waals surface area contributed by atoms with Gasteiger partial charge < -0.3 is 10.3 Å². The summed E-state index contributed by atoms with van der Waals surface area (Å²) in [6.45, 7) is 4.37. The second-order valence-corrected chi connectivity index (χ2v) is 3.16. The molecule has 0 aliphatic rings. The average molecular weight is 178 g/mol. The Morgan fingerprint density at radius 3 is 2.92 bits per heavy atom. The van der Waals surface area contributed by atoms with E-state index < -0.39 is 0 Å². The Balaban J connectivity index is 2.35. The molecule has 1 aromatic heterocycles. The predicted octanol–water partition coefficient (Wildman–Crippen LogP) is 1.60. The summed E-state index contributed by atoms with van der Waals surface area (Å²) >= 11 is 0. The lowest BCUT2D eigenvalue weighted by atomic mass is 10.3. The number of carbonyl (C=O) groups is 1. The van der Waals surface area contributed by atoms with Crippen LogP contribution in [0.25, 0.3) is 0 Å². The summed E-state index contributed by atoms with van der Waals surface area (Å²) in [6, 6.07) is 1.93. The van der Waals surface area contributed by atoms with Gasteiger partial charge in [-0.2, -0.15) is 0 Å². The predicted molar refractivity (Wildman–Crippen MR) is 52.1 cm³/mol. The van der Waals surface area contributed by atoms with Crippen LogP contribution in [0.4, 0.5) is 0 Å². The number of allylic oxidation sites excluding steroid dienone is 1. The van der Waals surface area contributed by atoms with Gasteiger partial charge in [-0.1, -0.05) is 5.57 Å². The minimum Gasteiger partial charge on any atom is -0.367 e. The van der Waals surface area contributed by atoms with Crippen molar-refractivity contribution in [1.29, 1.82) is 0 Å². The molecule has 2 N–H and O–H groups in total. The molecule has 0 atom stereocenters. The second kappa shape index (κ2) is 4.50. The van der Waals surface area contributed by atoms with Crippen molar-refractivity contribution < 1.29 is 4.79 Å². The Morgan fingerprint density at radius 1 is 1.62 bits per heavy atom. The molecule has 0 aliphatic heterocycles. The normalized spacial score (nSPS) is 9.38. The van der Waals surface area contributed by atoms with Crippen LogP contribution in [0.2, 0.25) is 0 Å². The van der Waals surface area contributed by atoms with E-state index in [4.69, 9.17) is 0 Å². The van der Waals surface area contributed by atoms with Crippen molar-refractivity contribution in [3.63, 3.8) is 0 Å². The van der Waals surface area contributed by atoms with Crippen LogP contribution in [-0.4, -0.2) is 10.9 Å². The Kier molecular flexibility index (Phi) is 3.31. The molecule has 1 aromatic rings. The lowest BCUT2D eigenvalue weighted by molar-refractivity contribution is -0.116. The molecule has 0 aromatic carbocycles. The first kappa shape index (κ1) is 9.58. The molecule has 1 rings (SSSR count). The van der Waals surface area contributed by atoms with Crippen molar-refractivity contribution in [2.45, 2.75) is 20.4 Å². The molecule has 13 heavy (non-hydrogen) atoms. The lowest BCUT2D eigenvalue weighted by Crippen LogP contribution is -2.20. The fraction of sp³-hybridized carbons (Fsp3) is 0.300. The number of rotatable bonds is 3. The number of nitrogens with one attached hydrogen (secondary N) is 2. The number of hydrogen-bond acceptors (Lipinski definition) is 1. The first-order valence-corrected chi connectivity index (χ1v) is 4.23. The van der Waals surface area contributed by atoms with E-state index in [2.05, 4.69) is 10.3 Å². The molecule has 1 heterocycles. The summed E-state index contributed by atoms with van der Waals surface area (Å²) < 4.78 is 0. The van der Waals surface area contributed by atoms with Gasteiger partial charge in [0.1, 0.15) is 0 Å². The van der Waals surface area contributed by atoms with Crippen molar-refractivity contribution in [1.82, 2.24) is 10.3 Å². The Labute approximate surface area is 77.9 Å². The average Bonchev–Trinajstić information content (AvgIpc) is 2.51. The van der Waals surface area contributed by atoms with Crippen molar-refractivity contribution in [3.05, 3.63) is 35.7 Å². The van der Waals surface area contributed by atoms with Gasteiger partial charge in [-0.15, -0.1) is 0 Å². The van der Waals surface area contributed by atoms with E-state index in [0.717, 1.165) is 11.1 Å². The summed E-state index contributed by atoms with van der Waals surface area (Å²) in [4.78, 5) is 14.1. The number of amides is 1. The van der Waals surface area contributed by atoms with Gasteiger partial charge in [-0.05, 0) is 25.5 Å². The Morgan fingerprint density at radius 2 is 2.38 bits per heavy atom. The monoisotopic (exact) mass is 178 g/mol. The van der Waals surface area contributed by atoms with Crippen molar-refractivity contribution in [2.75, 3.05) is 0 Å². The lowest BCUT2D eigenvalue weighted by Gasteiger charge is -1.99.